The van der Waals surface area contributed by atoms with Crippen molar-refractivity contribution in [2.75, 3.05) is 0 Å². The Labute approximate surface area is 117 Å². The molecule has 0 bridgehead atoms. The summed E-state index contributed by atoms with van der Waals surface area (Å²) in [5, 5.41) is 0.569. The summed E-state index contributed by atoms with van der Waals surface area (Å²) in [4.78, 5) is 31.6. The Hall–Kier alpha value is -2.47. The first-order chi connectivity index (χ1) is 9.65. The van der Waals surface area contributed by atoms with Gasteiger partial charge in [-0.2, -0.15) is 0 Å². The maximum Gasteiger partial charge on any atom is 0.423 e. The molecule has 0 aromatic carbocycles. The van der Waals surface area contributed by atoms with Gasteiger partial charge in [0.05, 0.1) is 12.2 Å². The van der Waals surface area contributed by atoms with Gasteiger partial charge in [0.1, 0.15) is 10.5 Å². The van der Waals surface area contributed by atoms with Gasteiger partial charge in [0.2, 0.25) is 0 Å². The highest BCUT2D eigenvalue weighted by atomic mass is 35.5. The lowest BCUT2D eigenvalue weighted by molar-refractivity contribution is 0.422. The zero-order valence-corrected chi connectivity index (χ0v) is 10.9. The van der Waals surface area contributed by atoms with Crippen LogP contribution in [-0.2, 0) is 6.54 Å². The van der Waals surface area contributed by atoms with Gasteiger partial charge < -0.3 is 4.42 Å². The fourth-order valence-corrected chi connectivity index (χ4v) is 2.07. The number of hydrogen-bond acceptors (Lipinski definition) is 5. The second kappa shape index (κ2) is 4.90. The number of hydrogen-bond donors (Lipinski definition) is 0. The van der Waals surface area contributed by atoms with Crippen molar-refractivity contribution in [3.05, 3.63) is 68.3 Å². The molecule has 0 radical (unpaired) electrons. The van der Waals surface area contributed by atoms with E-state index >= 15 is 0 Å². The van der Waals surface area contributed by atoms with Crippen molar-refractivity contribution in [1.29, 1.82) is 0 Å². The summed E-state index contributed by atoms with van der Waals surface area (Å²) in [6.07, 6.45) is 1.50. The van der Waals surface area contributed by atoms with E-state index in [9.17, 15) is 9.59 Å². The lowest BCUT2D eigenvalue weighted by Gasteiger charge is -2.06. The number of pyridine rings is 2. The third-order valence-electron chi connectivity index (χ3n) is 2.76. The van der Waals surface area contributed by atoms with Crippen LogP contribution in [0.3, 0.4) is 0 Å². The summed E-state index contributed by atoms with van der Waals surface area (Å²) < 4.78 is 5.92. The van der Waals surface area contributed by atoms with Gasteiger partial charge in [-0.05, 0) is 24.3 Å². The van der Waals surface area contributed by atoms with Crippen molar-refractivity contribution >= 4 is 22.6 Å². The third kappa shape index (κ3) is 2.21. The standard InChI is InChI=1S/C13H8ClN3O3/c14-10-5-1-3-8(16-10)7-17-11-9(4-2-6-15-11)12(18)20-13(17)19/h1-6H,7H2. The van der Waals surface area contributed by atoms with Crippen molar-refractivity contribution in [2.45, 2.75) is 6.54 Å². The van der Waals surface area contributed by atoms with Crippen LogP contribution in [0.15, 0.2) is 50.5 Å². The molecule has 6 nitrogen and oxygen atoms in total. The minimum absolute atomic E-state index is 0.122. The third-order valence-corrected chi connectivity index (χ3v) is 2.97. The molecule has 0 saturated carbocycles. The van der Waals surface area contributed by atoms with Crippen LogP contribution in [0.4, 0.5) is 0 Å². The molecule has 3 aromatic rings. The van der Waals surface area contributed by atoms with Crippen molar-refractivity contribution in [1.82, 2.24) is 14.5 Å². The Balaban J connectivity index is 2.21. The van der Waals surface area contributed by atoms with Crippen LogP contribution in [0, 0.1) is 0 Å². The number of nitrogens with zero attached hydrogens (tertiary/aromatic N) is 3. The van der Waals surface area contributed by atoms with Crippen LogP contribution in [0.1, 0.15) is 5.69 Å². The van der Waals surface area contributed by atoms with Gasteiger partial charge in [-0.1, -0.05) is 17.7 Å². The SMILES string of the molecule is O=c1oc(=O)n(Cc2cccc(Cl)n2)c2ncccc12. The molecule has 0 N–H and O–H groups in total. The van der Waals surface area contributed by atoms with Crippen LogP contribution < -0.4 is 11.4 Å². The molecule has 20 heavy (non-hydrogen) atoms. The minimum Gasteiger partial charge on any atom is -0.372 e. The van der Waals surface area contributed by atoms with Crippen molar-refractivity contribution in [3.63, 3.8) is 0 Å². The quantitative estimate of drug-likeness (QED) is 0.667. The lowest BCUT2D eigenvalue weighted by Crippen LogP contribution is -2.26. The average molecular weight is 290 g/mol. The van der Waals surface area contributed by atoms with E-state index in [0.717, 1.165) is 0 Å². The van der Waals surface area contributed by atoms with Crippen molar-refractivity contribution < 1.29 is 4.42 Å². The molecule has 0 aliphatic heterocycles. The second-order valence-corrected chi connectivity index (χ2v) is 4.46. The van der Waals surface area contributed by atoms with Crippen LogP contribution in [-0.4, -0.2) is 14.5 Å². The minimum atomic E-state index is -0.775. The van der Waals surface area contributed by atoms with E-state index in [2.05, 4.69) is 14.4 Å². The topological polar surface area (TPSA) is 78.0 Å². The molecule has 0 saturated heterocycles. The predicted octanol–water partition coefficient (Wildman–Crippen LogP) is 1.45. The molecule has 0 fully saturated rings. The highest BCUT2D eigenvalue weighted by Gasteiger charge is 2.11. The molecule has 0 unspecified atom stereocenters. The smallest absolute Gasteiger partial charge is 0.372 e. The molecule has 100 valence electrons. The first kappa shape index (κ1) is 12.6. The molecule has 0 amide bonds. The summed E-state index contributed by atoms with van der Waals surface area (Å²) in [5.41, 5.74) is 0.129. The van der Waals surface area contributed by atoms with Crippen LogP contribution in [0.5, 0.6) is 0 Å². The first-order valence-electron chi connectivity index (χ1n) is 5.75. The largest absolute Gasteiger partial charge is 0.423 e. The summed E-state index contributed by atoms with van der Waals surface area (Å²) in [6.45, 7) is 0.122. The highest BCUT2D eigenvalue weighted by Crippen LogP contribution is 2.09. The maximum atomic E-state index is 11.8. The molecule has 3 rings (SSSR count). The molecule has 3 heterocycles. The molecular formula is C13H8ClN3O3. The first-order valence-corrected chi connectivity index (χ1v) is 6.13. The Bertz CT molecular complexity index is 901. The lowest BCUT2D eigenvalue weighted by atomic mass is 10.3. The average Bonchev–Trinajstić information content (AvgIpc) is 2.43. The van der Waals surface area contributed by atoms with Gasteiger partial charge in [-0.25, -0.2) is 19.6 Å². The molecular weight excluding hydrogens is 282 g/mol. The van der Waals surface area contributed by atoms with Gasteiger partial charge in [0, 0.05) is 6.20 Å². The van der Waals surface area contributed by atoms with Crippen molar-refractivity contribution in [3.8, 4) is 0 Å². The van der Waals surface area contributed by atoms with E-state index in [-0.39, 0.29) is 17.6 Å². The zero-order chi connectivity index (χ0) is 14.1. The van der Waals surface area contributed by atoms with E-state index in [1.165, 1.54) is 10.8 Å². The molecule has 0 aliphatic carbocycles. The van der Waals surface area contributed by atoms with Gasteiger partial charge >= 0.3 is 11.4 Å². The highest BCUT2D eigenvalue weighted by molar-refractivity contribution is 6.29. The number of fused-ring (bicyclic) bond motifs is 1. The van der Waals surface area contributed by atoms with Gasteiger partial charge in [-0.15, -0.1) is 0 Å². The molecule has 0 aliphatic rings. The Morgan fingerprint density at radius 2 is 2.05 bits per heavy atom. The van der Waals surface area contributed by atoms with E-state index in [0.29, 0.717) is 10.8 Å². The Kier molecular flexibility index (Phi) is 3.08. The second-order valence-electron chi connectivity index (χ2n) is 4.07. The van der Waals surface area contributed by atoms with E-state index in [4.69, 9.17) is 11.6 Å². The Morgan fingerprint density at radius 1 is 1.20 bits per heavy atom. The van der Waals surface area contributed by atoms with Crippen molar-refractivity contribution in [2.24, 2.45) is 0 Å². The van der Waals surface area contributed by atoms with Crippen LogP contribution in [0.25, 0.3) is 11.0 Å². The predicted molar refractivity (Wildman–Crippen MR) is 72.9 cm³/mol. The summed E-state index contributed by atoms with van der Waals surface area (Å²) in [5.74, 6) is -0.775. The number of aromatic nitrogens is 3. The fraction of sp³-hybridized carbons (Fsp3) is 0.0769. The maximum absolute atomic E-state index is 11.8. The van der Waals surface area contributed by atoms with Crippen LogP contribution >= 0.6 is 11.6 Å². The number of halogens is 1. The number of rotatable bonds is 2. The summed E-state index contributed by atoms with van der Waals surface area (Å²) in [7, 11) is 0. The monoisotopic (exact) mass is 289 g/mol. The van der Waals surface area contributed by atoms with Gasteiger partial charge in [-0.3, -0.25) is 4.57 Å². The van der Waals surface area contributed by atoms with Crippen LogP contribution in [0.2, 0.25) is 5.15 Å². The Morgan fingerprint density at radius 3 is 2.85 bits per heavy atom. The fourth-order valence-electron chi connectivity index (χ4n) is 1.89. The van der Waals surface area contributed by atoms with E-state index < -0.39 is 11.4 Å². The normalized spacial score (nSPS) is 10.8. The van der Waals surface area contributed by atoms with Gasteiger partial charge in [0.15, 0.2) is 5.65 Å². The molecule has 7 heteroatoms. The van der Waals surface area contributed by atoms with E-state index in [1.54, 1.807) is 30.3 Å². The molecule has 0 atom stereocenters. The van der Waals surface area contributed by atoms with Gasteiger partial charge in [0.25, 0.3) is 0 Å². The zero-order valence-electron chi connectivity index (χ0n) is 10.1. The summed E-state index contributed by atoms with van der Waals surface area (Å²) in [6, 6.07) is 8.24. The molecule has 3 aromatic heterocycles. The van der Waals surface area contributed by atoms with E-state index in [1.807, 2.05) is 0 Å². The molecule has 0 spiro atoms. The summed E-state index contributed by atoms with van der Waals surface area (Å²) >= 11 is 5.81.